The number of aryl methyl sites for hydroxylation is 1. The van der Waals surface area contributed by atoms with Crippen molar-refractivity contribution in [2.24, 2.45) is 10.7 Å². The number of nitrogens with one attached hydrogen (secondary N) is 1. The molecule has 108 valence electrons. The summed E-state index contributed by atoms with van der Waals surface area (Å²) >= 11 is 0. The lowest BCUT2D eigenvalue weighted by Crippen LogP contribution is -2.34. The van der Waals surface area contributed by atoms with Gasteiger partial charge in [0.2, 0.25) is 0 Å². The first-order valence-electron chi connectivity index (χ1n) is 6.45. The summed E-state index contributed by atoms with van der Waals surface area (Å²) in [5.74, 6) is 1.38. The second-order valence-corrected chi connectivity index (χ2v) is 4.21. The molecular formula is C14H24IN3O. The Morgan fingerprint density at radius 1 is 1.42 bits per heavy atom. The highest BCUT2D eigenvalue weighted by Gasteiger charge is 1.94. The van der Waals surface area contributed by atoms with Crippen molar-refractivity contribution in [1.82, 2.24) is 5.32 Å². The topological polar surface area (TPSA) is 59.6 Å². The number of nitrogens with two attached hydrogens (primary N) is 1. The van der Waals surface area contributed by atoms with Gasteiger partial charge < -0.3 is 15.8 Å². The molecule has 0 amide bonds. The largest absolute Gasteiger partial charge is 0.492 e. The van der Waals surface area contributed by atoms with E-state index < -0.39 is 0 Å². The third-order valence-corrected chi connectivity index (χ3v) is 2.46. The van der Waals surface area contributed by atoms with Crippen LogP contribution >= 0.6 is 24.0 Å². The SMILES string of the molecule is CCCCN=C(N)NCCOc1cccc(C)c1.I. The Morgan fingerprint density at radius 3 is 2.89 bits per heavy atom. The van der Waals surface area contributed by atoms with Gasteiger partial charge in [-0.3, -0.25) is 4.99 Å². The van der Waals surface area contributed by atoms with E-state index >= 15 is 0 Å². The van der Waals surface area contributed by atoms with Crippen LogP contribution in [0.1, 0.15) is 25.3 Å². The molecule has 0 unspecified atom stereocenters. The lowest BCUT2D eigenvalue weighted by atomic mass is 10.2. The molecule has 0 aliphatic heterocycles. The zero-order valence-electron chi connectivity index (χ0n) is 11.7. The number of hydrogen-bond acceptors (Lipinski definition) is 2. The summed E-state index contributed by atoms with van der Waals surface area (Å²) in [6, 6.07) is 7.99. The fourth-order valence-electron chi connectivity index (χ4n) is 1.47. The highest BCUT2D eigenvalue weighted by Crippen LogP contribution is 2.11. The van der Waals surface area contributed by atoms with Crippen LogP contribution in [-0.4, -0.2) is 25.7 Å². The minimum absolute atomic E-state index is 0. The van der Waals surface area contributed by atoms with Crippen LogP contribution in [0.25, 0.3) is 0 Å². The Balaban J connectivity index is 0.00000324. The predicted octanol–water partition coefficient (Wildman–Crippen LogP) is 2.70. The summed E-state index contributed by atoms with van der Waals surface area (Å²) in [4.78, 5) is 4.20. The average molecular weight is 377 g/mol. The van der Waals surface area contributed by atoms with Gasteiger partial charge in [0.05, 0.1) is 6.54 Å². The lowest BCUT2D eigenvalue weighted by Gasteiger charge is -2.08. The van der Waals surface area contributed by atoms with Crippen LogP contribution < -0.4 is 15.8 Å². The van der Waals surface area contributed by atoms with Crippen molar-refractivity contribution in [2.45, 2.75) is 26.7 Å². The number of hydrogen-bond donors (Lipinski definition) is 2. The second-order valence-electron chi connectivity index (χ2n) is 4.21. The van der Waals surface area contributed by atoms with Gasteiger partial charge in [0.25, 0.3) is 0 Å². The standard InChI is InChI=1S/C14H23N3O.HI/c1-3-4-8-16-14(15)17-9-10-18-13-7-5-6-12(2)11-13;/h5-7,11H,3-4,8-10H2,1-2H3,(H3,15,16,17);1H. The predicted molar refractivity (Wildman–Crippen MR) is 91.5 cm³/mol. The molecule has 3 N–H and O–H groups in total. The molecule has 1 aromatic carbocycles. The van der Waals surface area contributed by atoms with E-state index in [0.29, 0.717) is 19.1 Å². The van der Waals surface area contributed by atoms with Crippen molar-refractivity contribution in [3.05, 3.63) is 29.8 Å². The zero-order chi connectivity index (χ0) is 13.2. The number of unbranched alkanes of at least 4 members (excludes halogenated alkanes) is 1. The molecule has 0 heterocycles. The molecular weight excluding hydrogens is 353 g/mol. The first kappa shape index (κ1) is 18.0. The van der Waals surface area contributed by atoms with Gasteiger partial charge in [-0.25, -0.2) is 0 Å². The summed E-state index contributed by atoms with van der Waals surface area (Å²) < 4.78 is 5.59. The van der Waals surface area contributed by atoms with Crippen LogP contribution in [0.3, 0.4) is 0 Å². The molecule has 1 rings (SSSR count). The van der Waals surface area contributed by atoms with Crippen molar-refractivity contribution in [2.75, 3.05) is 19.7 Å². The van der Waals surface area contributed by atoms with E-state index in [2.05, 4.69) is 17.2 Å². The van der Waals surface area contributed by atoms with Gasteiger partial charge in [-0.2, -0.15) is 0 Å². The molecule has 0 spiro atoms. The van der Waals surface area contributed by atoms with E-state index in [9.17, 15) is 0 Å². The minimum atomic E-state index is 0. The van der Waals surface area contributed by atoms with Crippen LogP contribution in [-0.2, 0) is 0 Å². The number of guanidine groups is 1. The van der Waals surface area contributed by atoms with E-state index in [1.54, 1.807) is 0 Å². The van der Waals surface area contributed by atoms with Gasteiger partial charge in [-0.05, 0) is 31.0 Å². The van der Waals surface area contributed by atoms with Crippen LogP contribution in [0.5, 0.6) is 5.75 Å². The number of nitrogens with zero attached hydrogens (tertiary/aromatic N) is 1. The molecule has 0 bridgehead atoms. The molecule has 1 aromatic rings. The molecule has 0 aliphatic rings. The number of rotatable bonds is 7. The molecule has 5 heteroatoms. The van der Waals surface area contributed by atoms with Crippen molar-refractivity contribution in [1.29, 1.82) is 0 Å². The Labute approximate surface area is 132 Å². The number of halogens is 1. The van der Waals surface area contributed by atoms with E-state index in [4.69, 9.17) is 10.5 Å². The summed E-state index contributed by atoms with van der Waals surface area (Å²) in [7, 11) is 0. The molecule has 0 saturated carbocycles. The van der Waals surface area contributed by atoms with Crippen molar-refractivity contribution in [3.63, 3.8) is 0 Å². The maximum atomic E-state index is 5.70. The average Bonchev–Trinajstić information content (AvgIpc) is 2.35. The summed E-state index contributed by atoms with van der Waals surface area (Å²) in [6.45, 7) is 6.20. The monoisotopic (exact) mass is 377 g/mol. The number of aliphatic imine (C=N–C) groups is 1. The number of benzene rings is 1. The highest BCUT2D eigenvalue weighted by molar-refractivity contribution is 14.0. The van der Waals surface area contributed by atoms with E-state index in [-0.39, 0.29) is 24.0 Å². The summed E-state index contributed by atoms with van der Waals surface area (Å²) in [5, 5.41) is 3.03. The summed E-state index contributed by atoms with van der Waals surface area (Å²) in [6.07, 6.45) is 2.20. The van der Waals surface area contributed by atoms with E-state index in [1.807, 2.05) is 31.2 Å². The third-order valence-electron chi connectivity index (χ3n) is 2.46. The van der Waals surface area contributed by atoms with Crippen LogP contribution in [0, 0.1) is 6.92 Å². The molecule has 19 heavy (non-hydrogen) atoms. The van der Waals surface area contributed by atoms with Gasteiger partial charge in [0.15, 0.2) is 5.96 Å². The maximum Gasteiger partial charge on any atom is 0.188 e. The van der Waals surface area contributed by atoms with E-state index in [1.165, 1.54) is 5.56 Å². The number of ether oxygens (including phenoxy) is 1. The Hall–Kier alpha value is -0.980. The smallest absolute Gasteiger partial charge is 0.188 e. The normalized spacial score (nSPS) is 10.7. The highest BCUT2D eigenvalue weighted by atomic mass is 127. The maximum absolute atomic E-state index is 5.70. The minimum Gasteiger partial charge on any atom is -0.492 e. The Kier molecular flexibility index (Phi) is 10.3. The quantitative estimate of drug-likeness (QED) is 0.333. The van der Waals surface area contributed by atoms with Gasteiger partial charge in [0.1, 0.15) is 12.4 Å². The van der Waals surface area contributed by atoms with Gasteiger partial charge >= 0.3 is 0 Å². The van der Waals surface area contributed by atoms with Crippen molar-refractivity contribution in [3.8, 4) is 5.75 Å². The van der Waals surface area contributed by atoms with Gasteiger partial charge in [-0.15, -0.1) is 24.0 Å². The molecule has 0 radical (unpaired) electrons. The molecule has 0 fully saturated rings. The van der Waals surface area contributed by atoms with Gasteiger partial charge in [0, 0.05) is 6.54 Å². The first-order valence-corrected chi connectivity index (χ1v) is 6.45. The molecule has 0 atom stereocenters. The van der Waals surface area contributed by atoms with Crippen LogP contribution in [0.2, 0.25) is 0 Å². The van der Waals surface area contributed by atoms with E-state index in [0.717, 1.165) is 25.1 Å². The van der Waals surface area contributed by atoms with Crippen LogP contribution in [0.15, 0.2) is 29.3 Å². The van der Waals surface area contributed by atoms with Crippen LogP contribution in [0.4, 0.5) is 0 Å². The third kappa shape index (κ3) is 8.69. The lowest BCUT2D eigenvalue weighted by molar-refractivity contribution is 0.322. The Bertz CT molecular complexity index is 383. The first-order chi connectivity index (χ1) is 8.72. The molecule has 0 aromatic heterocycles. The zero-order valence-corrected chi connectivity index (χ0v) is 14.0. The van der Waals surface area contributed by atoms with Crippen molar-refractivity contribution >= 4 is 29.9 Å². The molecule has 0 saturated heterocycles. The molecule has 0 aliphatic carbocycles. The van der Waals surface area contributed by atoms with Gasteiger partial charge in [-0.1, -0.05) is 25.5 Å². The fourth-order valence-corrected chi connectivity index (χ4v) is 1.47. The second kappa shape index (κ2) is 10.9. The van der Waals surface area contributed by atoms with Crippen molar-refractivity contribution < 1.29 is 4.74 Å². The summed E-state index contributed by atoms with van der Waals surface area (Å²) in [5.41, 5.74) is 6.90. The Morgan fingerprint density at radius 2 is 2.21 bits per heavy atom. The fraction of sp³-hybridized carbons (Fsp3) is 0.500. The molecule has 4 nitrogen and oxygen atoms in total.